The highest BCUT2D eigenvalue weighted by molar-refractivity contribution is 4.71. The largest absolute Gasteiger partial charge is 0.379 e. The van der Waals surface area contributed by atoms with Crippen LogP contribution >= 0.6 is 0 Å². The van der Waals surface area contributed by atoms with E-state index in [2.05, 4.69) is 20.8 Å². The van der Waals surface area contributed by atoms with Crippen molar-refractivity contribution in [1.29, 1.82) is 0 Å². The Morgan fingerprint density at radius 1 is 1.50 bits per heavy atom. The molecule has 0 radical (unpaired) electrons. The molecule has 0 aromatic carbocycles. The minimum absolute atomic E-state index is 0.0151. The van der Waals surface area contributed by atoms with E-state index in [0.29, 0.717) is 5.92 Å². The zero-order valence-corrected chi connectivity index (χ0v) is 7.48. The Bertz CT molecular complexity index is 91.3. The molecule has 0 aromatic rings. The molecule has 1 atom stereocenters. The van der Waals surface area contributed by atoms with Gasteiger partial charge in [-0.25, -0.2) is 0 Å². The van der Waals surface area contributed by atoms with Gasteiger partial charge >= 0.3 is 0 Å². The lowest BCUT2D eigenvalue weighted by molar-refractivity contribution is 0.00475. The summed E-state index contributed by atoms with van der Waals surface area (Å²) in [4.78, 5) is 0. The third-order valence-electron chi connectivity index (χ3n) is 1.79. The zero-order chi connectivity index (χ0) is 8.20. The second-order valence-electron chi connectivity index (χ2n) is 3.51. The predicted molar refractivity (Wildman–Crippen MR) is 43.9 cm³/mol. The number of nitrogens with two attached hydrogens (primary N) is 1. The monoisotopic (exact) mass is 145 g/mol. The van der Waals surface area contributed by atoms with Gasteiger partial charge in [-0.15, -0.1) is 0 Å². The lowest BCUT2D eigenvalue weighted by Crippen LogP contribution is -2.28. The summed E-state index contributed by atoms with van der Waals surface area (Å²) in [7, 11) is 1.74. The molecule has 0 aliphatic heterocycles. The molecule has 0 saturated heterocycles. The first-order valence-electron chi connectivity index (χ1n) is 3.77. The molecule has 0 aliphatic rings. The first-order chi connectivity index (χ1) is 4.52. The van der Waals surface area contributed by atoms with Gasteiger partial charge < -0.3 is 10.5 Å². The minimum Gasteiger partial charge on any atom is -0.379 e. The van der Waals surface area contributed by atoms with Crippen molar-refractivity contribution in [3.8, 4) is 0 Å². The molecule has 0 aromatic heterocycles. The van der Waals surface area contributed by atoms with E-state index in [0.717, 1.165) is 13.0 Å². The van der Waals surface area contributed by atoms with E-state index in [4.69, 9.17) is 10.5 Å². The van der Waals surface area contributed by atoms with Gasteiger partial charge in [-0.1, -0.05) is 6.92 Å². The Morgan fingerprint density at radius 2 is 2.00 bits per heavy atom. The maximum atomic E-state index is 5.48. The second kappa shape index (κ2) is 3.94. The lowest BCUT2D eigenvalue weighted by atomic mass is 9.95. The van der Waals surface area contributed by atoms with Gasteiger partial charge in [0, 0.05) is 7.11 Å². The maximum Gasteiger partial charge on any atom is 0.0625 e. The Kier molecular flexibility index (Phi) is 3.91. The standard InChI is InChI=1S/C8H19NO/c1-7(6-9)5-8(2,3)10-4/h7H,5-6,9H2,1-4H3. The van der Waals surface area contributed by atoms with Gasteiger partial charge in [0.15, 0.2) is 0 Å². The Balaban J connectivity index is 3.64. The molecular weight excluding hydrogens is 126 g/mol. The molecule has 1 unspecified atom stereocenters. The summed E-state index contributed by atoms with van der Waals surface area (Å²) in [6, 6.07) is 0. The normalized spacial score (nSPS) is 15.3. The van der Waals surface area contributed by atoms with Crippen molar-refractivity contribution in [3.05, 3.63) is 0 Å². The van der Waals surface area contributed by atoms with Crippen LogP contribution in [0.3, 0.4) is 0 Å². The van der Waals surface area contributed by atoms with Crippen molar-refractivity contribution in [2.75, 3.05) is 13.7 Å². The summed E-state index contributed by atoms with van der Waals surface area (Å²) in [6.45, 7) is 7.05. The quantitative estimate of drug-likeness (QED) is 0.649. The van der Waals surface area contributed by atoms with Gasteiger partial charge in [-0.05, 0) is 32.7 Å². The van der Waals surface area contributed by atoms with Crippen LogP contribution in [0, 0.1) is 5.92 Å². The summed E-state index contributed by atoms with van der Waals surface area (Å²) in [6.07, 6.45) is 1.03. The fourth-order valence-corrected chi connectivity index (χ4v) is 1.01. The van der Waals surface area contributed by atoms with Gasteiger partial charge in [0.25, 0.3) is 0 Å². The fraction of sp³-hybridized carbons (Fsp3) is 1.00. The van der Waals surface area contributed by atoms with Gasteiger partial charge in [-0.2, -0.15) is 0 Å². The van der Waals surface area contributed by atoms with Crippen molar-refractivity contribution >= 4 is 0 Å². The fourth-order valence-electron chi connectivity index (χ4n) is 1.01. The molecule has 0 saturated carbocycles. The van der Waals surface area contributed by atoms with E-state index in [1.165, 1.54) is 0 Å². The molecule has 0 bridgehead atoms. The molecular formula is C8H19NO. The predicted octanol–water partition coefficient (Wildman–Crippen LogP) is 1.40. The zero-order valence-electron chi connectivity index (χ0n) is 7.48. The van der Waals surface area contributed by atoms with Crippen LogP contribution in [0.2, 0.25) is 0 Å². The first kappa shape index (κ1) is 9.92. The Morgan fingerprint density at radius 3 is 2.30 bits per heavy atom. The molecule has 62 valence electrons. The van der Waals surface area contributed by atoms with Crippen LogP contribution in [-0.2, 0) is 4.74 Å². The molecule has 0 aliphatic carbocycles. The topological polar surface area (TPSA) is 35.2 Å². The summed E-state index contributed by atoms with van der Waals surface area (Å²) in [5.74, 6) is 0.551. The first-order valence-corrected chi connectivity index (χ1v) is 3.77. The van der Waals surface area contributed by atoms with Crippen LogP contribution in [-0.4, -0.2) is 19.3 Å². The molecule has 0 spiro atoms. The average Bonchev–Trinajstić information content (AvgIpc) is 1.87. The highest BCUT2D eigenvalue weighted by Crippen LogP contribution is 2.18. The number of hydrogen-bond donors (Lipinski definition) is 1. The molecule has 0 heterocycles. The van der Waals surface area contributed by atoms with Gasteiger partial charge in [0.2, 0.25) is 0 Å². The van der Waals surface area contributed by atoms with Crippen molar-refractivity contribution < 1.29 is 4.74 Å². The lowest BCUT2D eigenvalue weighted by Gasteiger charge is -2.25. The highest BCUT2D eigenvalue weighted by Gasteiger charge is 2.18. The van der Waals surface area contributed by atoms with Crippen LogP contribution in [0.5, 0.6) is 0 Å². The second-order valence-corrected chi connectivity index (χ2v) is 3.51. The summed E-state index contributed by atoms with van der Waals surface area (Å²) >= 11 is 0. The van der Waals surface area contributed by atoms with Gasteiger partial charge in [-0.3, -0.25) is 0 Å². The summed E-state index contributed by atoms with van der Waals surface area (Å²) in [5.41, 5.74) is 5.46. The maximum absolute atomic E-state index is 5.48. The van der Waals surface area contributed by atoms with Crippen molar-refractivity contribution in [2.45, 2.75) is 32.8 Å². The number of rotatable bonds is 4. The van der Waals surface area contributed by atoms with Gasteiger partial charge in [0.1, 0.15) is 0 Å². The van der Waals surface area contributed by atoms with E-state index < -0.39 is 0 Å². The third-order valence-corrected chi connectivity index (χ3v) is 1.79. The third kappa shape index (κ3) is 3.85. The molecule has 2 N–H and O–H groups in total. The summed E-state index contributed by atoms with van der Waals surface area (Å²) in [5, 5.41) is 0. The SMILES string of the molecule is COC(C)(C)CC(C)CN. The molecule has 2 nitrogen and oxygen atoms in total. The molecule has 0 rings (SSSR count). The molecule has 0 fully saturated rings. The van der Waals surface area contributed by atoms with E-state index in [1.807, 2.05) is 0 Å². The number of hydrogen-bond acceptors (Lipinski definition) is 2. The van der Waals surface area contributed by atoms with Crippen molar-refractivity contribution in [1.82, 2.24) is 0 Å². The van der Waals surface area contributed by atoms with Crippen LogP contribution in [0.1, 0.15) is 27.2 Å². The minimum atomic E-state index is -0.0151. The number of ether oxygens (including phenoxy) is 1. The van der Waals surface area contributed by atoms with Crippen molar-refractivity contribution in [3.63, 3.8) is 0 Å². The average molecular weight is 145 g/mol. The van der Waals surface area contributed by atoms with E-state index in [9.17, 15) is 0 Å². The van der Waals surface area contributed by atoms with Gasteiger partial charge in [0.05, 0.1) is 5.60 Å². The van der Waals surface area contributed by atoms with E-state index >= 15 is 0 Å². The highest BCUT2D eigenvalue weighted by atomic mass is 16.5. The van der Waals surface area contributed by atoms with Crippen LogP contribution < -0.4 is 5.73 Å². The molecule has 2 heteroatoms. The Labute approximate surface area is 63.7 Å². The number of methoxy groups -OCH3 is 1. The molecule has 0 amide bonds. The Hall–Kier alpha value is -0.0800. The van der Waals surface area contributed by atoms with Crippen LogP contribution in [0.15, 0.2) is 0 Å². The van der Waals surface area contributed by atoms with E-state index in [-0.39, 0.29) is 5.60 Å². The molecule has 10 heavy (non-hydrogen) atoms. The summed E-state index contributed by atoms with van der Waals surface area (Å²) < 4.78 is 5.25. The smallest absolute Gasteiger partial charge is 0.0625 e. The van der Waals surface area contributed by atoms with Crippen LogP contribution in [0.25, 0.3) is 0 Å². The van der Waals surface area contributed by atoms with Crippen LogP contribution in [0.4, 0.5) is 0 Å². The van der Waals surface area contributed by atoms with E-state index in [1.54, 1.807) is 7.11 Å². The van der Waals surface area contributed by atoms with Crippen molar-refractivity contribution in [2.24, 2.45) is 11.7 Å².